The standard InChI is InChI=1S/C14H13BrN2O2/c1-19-9-10-4-6-11(7-5-10)17-14(18)13-12(15)3-2-8-16-13/h2-8H,9H2,1H3,(H,17,18). The third kappa shape index (κ3) is 3.62. The second kappa shape index (κ2) is 6.45. The Bertz CT molecular complexity index is 570. The number of nitrogens with one attached hydrogen (secondary N) is 1. The lowest BCUT2D eigenvalue weighted by Gasteiger charge is -2.07. The SMILES string of the molecule is COCc1ccc(NC(=O)c2ncccc2Br)cc1. The molecule has 0 atom stereocenters. The van der Waals surface area contributed by atoms with E-state index in [2.05, 4.69) is 26.2 Å². The molecular formula is C14H13BrN2O2. The van der Waals surface area contributed by atoms with Gasteiger partial charge in [0, 0.05) is 23.5 Å². The van der Waals surface area contributed by atoms with E-state index in [9.17, 15) is 4.79 Å². The zero-order valence-corrected chi connectivity index (χ0v) is 12.0. The first kappa shape index (κ1) is 13.7. The minimum absolute atomic E-state index is 0.244. The molecule has 2 rings (SSSR count). The van der Waals surface area contributed by atoms with E-state index in [1.807, 2.05) is 24.3 Å². The van der Waals surface area contributed by atoms with Crippen LogP contribution in [0.5, 0.6) is 0 Å². The Labute approximate surface area is 119 Å². The summed E-state index contributed by atoms with van der Waals surface area (Å²) in [5.74, 6) is -0.244. The number of anilines is 1. The first-order valence-corrected chi connectivity index (χ1v) is 6.50. The maximum atomic E-state index is 12.0. The van der Waals surface area contributed by atoms with Crippen LogP contribution in [0.15, 0.2) is 47.1 Å². The van der Waals surface area contributed by atoms with E-state index >= 15 is 0 Å². The molecule has 0 saturated heterocycles. The first-order chi connectivity index (χ1) is 9.20. The van der Waals surface area contributed by atoms with Gasteiger partial charge in [-0.15, -0.1) is 0 Å². The molecule has 0 bridgehead atoms. The van der Waals surface area contributed by atoms with Crippen molar-refractivity contribution in [3.63, 3.8) is 0 Å². The Morgan fingerprint density at radius 1 is 1.32 bits per heavy atom. The molecule has 98 valence electrons. The summed E-state index contributed by atoms with van der Waals surface area (Å²) < 4.78 is 5.70. The molecule has 0 saturated carbocycles. The van der Waals surface area contributed by atoms with Gasteiger partial charge in [-0.3, -0.25) is 4.79 Å². The summed E-state index contributed by atoms with van der Waals surface area (Å²) in [5.41, 5.74) is 2.14. The number of methoxy groups -OCH3 is 1. The summed E-state index contributed by atoms with van der Waals surface area (Å²) in [6, 6.07) is 11.0. The molecule has 1 amide bonds. The summed E-state index contributed by atoms with van der Waals surface area (Å²) in [5, 5.41) is 2.80. The molecule has 0 aliphatic rings. The van der Waals surface area contributed by atoms with Crippen LogP contribution in [0.25, 0.3) is 0 Å². The van der Waals surface area contributed by atoms with Crippen LogP contribution in [0, 0.1) is 0 Å². The number of hydrogen-bond donors (Lipinski definition) is 1. The van der Waals surface area contributed by atoms with Crippen LogP contribution in [-0.2, 0) is 11.3 Å². The molecule has 0 aliphatic carbocycles. The van der Waals surface area contributed by atoms with Crippen molar-refractivity contribution in [3.8, 4) is 0 Å². The molecule has 19 heavy (non-hydrogen) atoms. The number of aromatic nitrogens is 1. The fourth-order valence-electron chi connectivity index (χ4n) is 1.59. The molecule has 0 fully saturated rings. The smallest absolute Gasteiger partial charge is 0.275 e. The summed E-state index contributed by atoms with van der Waals surface area (Å²) in [6.07, 6.45) is 1.58. The van der Waals surface area contributed by atoms with Gasteiger partial charge >= 0.3 is 0 Å². The van der Waals surface area contributed by atoms with Gasteiger partial charge in [0.15, 0.2) is 0 Å². The minimum Gasteiger partial charge on any atom is -0.380 e. The third-order valence-corrected chi connectivity index (χ3v) is 3.14. The molecular weight excluding hydrogens is 308 g/mol. The van der Waals surface area contributed by atoms with E-state index in [0.29, 0.717) is 16.8 Å². The van der Waals surface area contributed by atoms with Gasteiger partial charge < -0.3 is 10.1 Å². The van der Waals surface area contributed by atoms with Crippen molar-refractivity contribution in [1.29, 1.82) is 0 Å². The van der Waals surface area contributed by atoms with E-state index < -0.39 is 0 Å². The summed E-state index contributed by atoms with van der Waals surface area (Å²) in [4.78, 5) is 16.1. The molecule has 4 nitrogen and oxygen atoms in total. The molecule has 1 aromatic carbocycles. The van der Waals surface area contributed by atoms with Gasteiger partial charge in [-0.1, -0.05) is 12.1 Å². The number of hydrogen-bond acceptors (Lipinski definition) is 3. The lowest BCUT2D eigenvalue weighted by molar-refractivity contribution is 0.102. The van der Waals surface area contributed by atoms with Crippen molar-refractivity contribution in [2.24, 2.45) is 0 Å². The predicted octanol–water partition coefficient (Wildman–Crippen LogP) is 3.24. The van der Waals surface area contributed by atoms with Gasteiger partial charge in [0.05, 0.1) is 6.61 Å². The van der Waals surface area contributed by atoms with E-state index in [0.717, 1.165) is 11.3 Å². The van der Waals surface area contributed by atoms with Crippen LogP contribution in [0.4, 0.5) is 5.69 Å². The monoisotopic (exact) mass is 320 g/mol. The quantitative estimate of drug-likeness (QED) is 0.940. The van der Waals surface area contributed by atoms with Crippen LogP contribution in [0.3, 0.4) is 0 Å². The highest BCUT2D eigenvalue weighted by atomic mass is 79.9. The topological polar surface area (TPSA) is 51.2 Å². The van der Waals surface area contributed by atoms with Crippen molar-refractivity contribution in [2.75, 3.05) is 12.4 Å². The molecule has 0 aliphatic heterocycles. The van der Waals surface area contributed by atoms with Gasteiger partial charge in [-0.25, -0.2) is 4.98 Å². The second-order valence-corrected chi connectivity index (χ2v) is 4.77. The van der Waals surface area contributed by atoms with Gasteiger partial charge in [0.1, 0.15) is 5.69 Å². The van der Waals surface area contributed by atoms with Gasteiger partial charge in [-0.2, -0.15) is 0 Å². The van der Waals surface area contributed by atoms with Gasteiger partial charge in [0.2, 0.25) is 0 Å². The van der Waals surface area contributed by atoms with E-state index in [4.69, 9.17) is 4.74 Å². The number of pyridine rings is 1. The van der Waals surface area contributed by atoms with Crippen molar-refractivity contribution in [2.45, 2.75) is 6.61 Å². The zero-order chi connectivity index (χ0) is 13.7. The number of halogens is 1. The molecule has 1 N–H and O–H groups in total. The second-order valence-electron chi connectivity index (χ2n) is 3.92. The summed E-state index contributed by atoms with van der Waals surface area (Å²) >= 11 is 3.30. The maximum Gasteiger partial charge on any atom is 0.275 e. The molecule has 1 heterocycles. The number of benzene rings is 1. The fraction of sp³-hybridized carbons (Fsp3) is 0.143. The highest BCUT2D eigenvalue weighted by Crippen LogP contribution is 2.16. The van der Waals surface area contributed by atoms with Gasteiger partial charge in [-0.05, 0) is 45.8 Å². The van der Waals surface area contributed by atoms with Gasteiger partial charge in [0.25, 0.3) is 5.91 Å². The van der Waals surface area contributed by atoms with Crippen molar-refractivity contribution in [3.05, 3.63) is 58.3 Å². The lowest BCUT2D eigenvalue weighted by Crippen LogP contribution is -2.14. The van der Waals surface area contributed by atoms with Crippen LogP contribution in [0.1, 0.15) is 16.1 Å². The number of nitrogens with zero attached hydrogens (tertiary/aromatic N) is 1. The molecule has 1 aromatic heterocycles. The average molecular weight is 321 g/mol. The Morgan fingerprint density at radius 2 is 2.05 bits per heavy atom. The van der Waals surface area contributed by atoms with Crippen LogP contribution in [-0.4, -0.2) is 18.0 Å². The van der Waals surface area contributed by atoms with E-state index in [1.165, 1.54) is 0 Å². The van der Waals surface area contributed by atoms with Crippen LogP contribution >= 0.6 is 15.9 Å². The van der Waals surface area contributed by atoms with E-state index in [1.54, 1.807) is 25.4 Å². The first-order valence-electron chi connectivity index (χ1n) is 5.70. The molecule has 0 spiro atoms. The van der Waals surface area contributed by atoms with E-state index in [-0.39, 0.29) is 5.91 Å². The minimum atomic E-state index is -0.244. The Morgan fingerprint density at radius 3 is 2.68 bits per heavy atom. The van der Waals surface area contributed by atoms with Crippen molar-refractivity contribution in [1.82, 2.24) is 4.98 Å². The maximum absolute atomic E-state index is 12.0. The lowest BCUT2D eigenvalue weighted by atomic mass is 10.2. The third-order valence-electron chi connectivity index (χ3n) is 2.50. The summed E-state index contributed by atoms with van der Waals surface area (Å²) in [6.45, 7) is 0.556. The van der Waals surface area contributed by atoms with Crippen molar-refractivity contribution < 1.29 is 9.53 Å². The summed E-state index contributed by atoms with van der Waals surface area (Å²) in [7, 11) is 1.65. The number of carbonyl (C=O) groups is 1. The van der Waals surface area contributed by atoms with Crippen molar-refractivity contribution >= 4 is 27.5 Å². The normalized spacial score (nSPS) is 10.2. The molecule has 2 aromatic rings. The Hall–Kier alpha value is -1.72. The average Bonchev–Trinajstić information content (AvgIpc) is 2.42. The number of rotatable bonds is 4. The predicted molar refractivity (Wildman–Crippen MR) is 77.0 cm³/mol. The highest BCUT2D eigenvalue weighted by Gasteiger charge is 2.10. The molecule has 5 heteroatoms. The highest BCUT2D eigenvalue weighted by molar-refractivity contribution is 9.10. The van der Waals surface area contributed by atoms with Crippen LogP contribution < -0.4 is 5.32 Å². The number of carbonyl (C=O) groups excluding carboxylic acids is 1. The fourth-order valence-corrected chi connectivity index (χ4v) is 2.03. The molecule has 0 radical (unpaired) electrons. The van der Waals surface area contributed by atoms with Crippen LogP contribution in [0.2, 0.25) is 0 Å². The molecule has 0 unspecified atom stereocenters. The number of amides is 1. The Kier molecular flexibility index (Phi) is 4.65. The zero-order valence-electron chi connectivity index (χ0n) is 10.4. The Balaban J connectivity index is 2.09. The number of ether oxygens (including phenoxy) is 1. The largest absolute Gasteiger partial charge is 0.380 e.